The molecule has 0 radical (unpaired) electrons. The molecule has 0 unspecified atom stereocenters. The lowest BCUT2D eigenvalue weighted by atomic mass is 9.97. The molecule has 4 rings (SSSR count). The lowest BCUT2D eigenvalue weighted by Gasteiger charge is -2.33. The summed E-state index contributed by atoms with van der Waals surface area (Å²) in [4.78, 5) is 34.6. The van der Waals surface area contributed by atoms with E-state index in [1.807, 2.05) is 11.0 Å². The van der Waals surface area contributed by atoms with Crippen LogP contribution < -0.4 is 16.0 Å². The minimum Gasteiger partial charge on any atom is -0.342 e. The molecular weight excluding hydrogens is 399 g/mol. The molecule has 1 aliphatic rings. The van der Waals surface area contributed by atoms with Crippen molar-refractivity contribution in [3.8, 4) is 0 Å². The molecule has 1 fully saturated rings. The smallest absolute Gasteiger partial charge is 0.342 e. The van der Waals surface area contributed by atoms with E-state index in [-0.39, 0.29) is 11.5 Å². The van der Waals surface area contributed by atoms with Crippen LogP contribution >= 0.6 is 0 Å². The summed E-state index contributed by atoms with van der Waals surface area (Å²) in [5.41, 5.74) is -1.36. The zero-order chi connectivity index (χ0) is 21.5. The van der Waals surface area contributed by atoms with Crippen LogP contribution in [0.25, 0.3) is 10.9 Å². The van der Waals surface area contributed by atoms with Crippen LogP contribution in [0.1, 0.15) is 18.5 Å². The minimum absolute atomic E-state index is 0.111. The number of aromatic nitrogens is 4. The summed E-state index contributed by atoms with van der Waals surface area (Å²) in [5, 5.41) is 0.563. The van der Waals surface area contributed by atoms with Gasteiger partial charge in [-0.2, -0.15) is 13.2 Å². The number of benzene rings is 1. The van der Waals surface area contributed by atoms with Crippen LogP contribution in [0, 0.1) is 5.92 Å². The quantitative estimate of drug-likeness (QED) is 0.652. The molecule has 1 aliphatic heterocycles. The summed E-state index contributed by atoms with van der Waals surface area (Å²) in [7, 11) is 1.69. The molecule has 0 aliphatic carbocycles. The van der Waals surface area contributed by atoms with E-state index >= 15 is 0 Å². The number of nitrogens with zero attached hydrogens (tertiary/aromatic N) is 5. The average molecular weight is 419 g/mol. The van der Waals surface area contributed by atoms with Gasteiger partial charge in [0.15, 0.2) is 5.69 Å². The number of rotatable bonds is 3. The number of halogens is 3. The van der Waals surface area contributed by atoms with Crippen LogP contribution in [0.15, 0.2) is 46.2 Å². The van der Waals surface area contributed by atoms with Crippen molar-refractivity contribution in [3.05, 3.63) is 63.1 Å². The van der Waals surface area contributed by atoms with E-state index in [1.165, 1.54) is 9.13 Å². The Morgan fingerprint density at radius 2 is 1.83 bits per heavy atom. The number of hydrogen-bond acceptors (Lipinski definition) is 5. The number of anilines is 1. The molecule has 1 saturated heterocycles. The van der Waals surface area contributed by atoms with Gasteiger partial charge in [0.05, 0.1) is 17.2 Å². The lowest BCUT2D eigenvalue weighted by molar-refractivity contribution is -0.141. The fraction of sp³-hybridized carbons (Fsp3) is 0.400. The Morgan fingerprint density at radius 1 is 1.13 bits per heavy atom. The molecule has 1 aromatic carbocycles. The van der Waals surface area contributed by atoms with E-state index in [2.05, 4.69) is 9.97 Å². The third-order valence-corrected chi connectivity index (χ3v) is 5.48. The first kappa shape index (κ1) is 20.1. The molecule has 0 saturated carbocycles. The van der Waals surface area contributed by atoms with Crippen LogP contribution in [0.4, 0.5) is 19.1 Å². The molecule has 10 heteroatoms. The molecule has 7 nitrogen and oxygen atoms in total. The summed E-state index contributed by atoms with van der Waals surface area (Å²) in [6.45, 7) is 1.57. The van der Waals surface area contributed by atoms with Gasteiger partial charge in [0.25, 0.3) is 11.1 Å². The minimum atomic E-state index is -4.63. The van der Waals surface area contributed by atoms with Gasteiger partial charge in [-0.05, 0) is 30.9 Å². The molecule has 0 spiro atoms. The third-order valence-electron chi connectivity index (χ3n) is 5.48. The predicted molar refractivity (Wildman–Crippen MR) is 105 cm³/mol. The van der Waals surface area contributed by atoms with Crippen LogP contribution in [0.2, 0.25) is 0 Å². The zero-order valence-electron chi connectivity index (χ0n) is 16.3. The summed E-state index contributed by atoms with van der Waals surface area (Å²) in [5.74, 6) is 0.709. The summed E-state index contributed by atoms with van der Waals surface area (Å²) in [6.07, 6.45) is -2.23. The van der Waals surface area contributed by atoms with Crippen LogP contribution in [-0.2, 0) is 19.8 Å². The lowest BCUT2D eigenvalue weighted by Crippen LogP contribution is -2.39. The molecular formula is C20H20F3N5O2. The van der Waals surface area contributed by atoms with E-state index < -0.39 is 17.4 Å². The molecule has 3 aromatic rings. The van der Waals surface area contributed by atoms with Gasteiger partial charge in [-0.15, -0.1) is 0 Å². The van der Waals surface area contributed by atoms with E-state index in [4.69, 9.17) is 0 Å². The first-order valence-electron chi connectivity index (χ1n) is 9.58. The normalized spacial score (nSPS) is 15.7. The van der Waals surface area contributed by atoms with E-state index in [1.54, 1.807) is 25.2 Å². The Labute approximate surface area is 169 Å². The van der Waals surface area contributed by atoms with Crippen molar-refractivity contribution < 1.29 is 13.2 Å². The fourth-order valence-corrected chi connectivity index (χ4v) is 3.80. The highest BCUT2D eigenvalue weighted by Gasteiger charge is 2.33. The monoisotopic (exact) mass is 419 g/mol. The van der Waals surface area contributed by atoms with E-state index in [9.17, 15) is 22.8 Å². The summed E-state index contributed by atoms with van der Waals surface area (Å²) < 4.78 is 40.8. The SMILES string of the molecule is Cn1c(N2CCC(Cn3cnc(C(F)(F)F)cc3=O)CC2)nc2ccccc2c1=O. The third kappa shape index (κ3) is 3.81. The summed E-state index contributed by atoms with van der Waals surface area (Å²) in [6, 6.07) is 7.71. The number of para-hydroxylation sites is 1. The van der Waals surface area contributed by atoms with Gasteiger partial charge in [0.1, 0.15) is 0 Å². The molecule has 0 N–H and O–H groups in total. The van der Waals surface area contributed by atoms with E-state index in [0.29, 0.717) is 42.6 Å². The molecule has 30 heavy (non-hydrogen) atoms. The van der Waals surface area contributed by atoms with Gasteiger partial charge in [-0.1, -0.05) is 12.1 Å². The second-order valence-electron chi connectivity index (χ2n) is 7.49. The van der Waals surface area contributed by atoms with Crippen molar-refractivity contribution in [1.29, 1.82) is 0 Å². The Hall–Kier alpha value is -3.17. The van der Waals surface area contributed by atoms with Gasteiger partial charge in [0, 0.05) is 32.7 Å². The van der Waals surface area contributed by atoms with Gasteiger partial charge in [-0.25, -0.2) is 9.97 Å². The highest BCUT2D eigenvalue weighted by Crippen LogP contribution is 2.26. The van der Waals surface area contributed by atoms with Crippen molar-refractivity contribution in [2.45, 2.75) is 25.6 Å². The largest absolute Gasteiger partial charge is 0.433 e. The highest BCUT2D eigenvalue weighted by molar-refractivity contribution is 5.78. The van der Waals surface area contributed by atoms with Gasteiger partial charge in [0.2, 0.25) is 5.95 Å². The van der Waals surface area contributed by atoms with Crippen LogP contribution in [-0.4, -0.2) is 32.2 Å². The maximum atomic E-state index is 12.7. The topological polar surface area (TPSA) is 73.0 Å². The van der Waals surface area contributed by atoms with E-state index in [0.717, 1.165) is 19.2 Å². The first-order chi connectivity index (χ1) is 14.2. The Bertz CT molecular complexity index is 1190. The van der Waals surface area contributed by atoms with Crippen molar-refractivity contribution in [2.24, 2.45) is 13.0 Å². The number of piperidine rings is 1. The second-order valence-corrected chi connectivity index (χ2v) is 7.49. The number of fused-ring (bicyclic) bond motifs is 1. The van der Waals surface area contributed by atoms with Crippen LogP contribution in [0.5, 0.6) is 0 Å². The standard InChI is InChI=1S/C20H20F3N5O2/c1-26-18(30)14-4-2-3-5-15(14)25-19(26)27-8-6-13(7-9-27)11-28-12-24-16(10-17(28)29)20(21,22)23/h2-5,10,12-13H,6-9,11H2,1H3. The van der Waals surface area contributed by atoms with Crippen molar-refractivity contribution in [2.75, 3.05) is 18.0 Å². The first-order valence-corrected chi connectivity index (χ1v) is 9.58. The average Bonchev–Trinajstić information content (AvgIpc) is 2.72. The molecule has 0 bridgehead atoms. The number of alkyl halides is 3. The maximum absolute atomic E-state index is 12.7. The summed E-state index contributed by atoms with van der Waals surface area (Å²) >= 11 is 0. The van der Waals surface area contributed by atoms with Crippen molar-refractivity contribution >= 4 is 16.9 Å². The predicted octanol–water partition coefficient (Wildman–Crippen LogP) is 2.43. The zero-order valence-corrected chi connectivity index (χ0v) is 16.3. The number of hydrogen-bond donors (Lipinski definition) is 0. The fourth-order valence-electron chi connectivity index (χ4n) is 3.80. The Kier molecular flexibility index (Phi) is 5.08. The van der Waals surface area contributed by atoms with Gasteiger partial charge >= 0.3 is 6.18 Å². The molecule has 158 valence electrons. The molecule has 0 atom stereocenters. The highest BCUT2D eigenvalue weighted by atomic mass is 19.4. The second kappa shape index (κ2) is 7.58. The Morgan fingerprint density at radius 3 is 2.50 bits per heavy atom. The molecule has 3 heterocycles. The van der Waals surface area contributed by atoms with Crippen molar-refractivity contribution in [1.82, 2.24) is 19.1 Å². The molecule has 0 amide bonds. The van der Waals surface area contributed by atoms with Gasteiger partial charge < -0.3 is 4.90 Å². The molecule has 2 aromatic heterocycles. The van der Waals surface area contributed by atoms with Crippen molar-refractivity contribution in [3.63, 3.8) is 0 Å². The van der Waals surface area contributed by atoms with Gasteiger partial charge in [-0.3, -0.25) is 18.7 Å². The maximum Gasteiger partial charge on any atom is 0.433 e. The van der Waals surface area contributed by atoms with Crippen LogP contribution in [0.3, 0.4) is 0 Å². The Balaban J connectivity index is 1.47.